The molecule has 0 radical (unpaired) electrons. The molecule has 1 N–H and O–H groups in total. The van der Waals surface area contributed by atoms with Crippen LogP contribution in [-0.2, 0) is 6.54 Å². The summed E-state index contributed by atoms with van der Waals surface area (Å²) in [5, 5.41) is 8.60. The van der Waals surface area contributed by atoms with Crippen LogP contribution in [0.1, 0.15) is 11.3 Å². The molecule has 0 aliphatic heterocycles. The summed E-state index contributed by atoms with van der Waals surface area (Å²) in [6, 6.07) is 10.1. The van der Waals surface area contributed by atoms with Crippen molar-refractivity contribution < 1.29 is 5.11 Å². The number of aliphatic hydroxyl groups is 1. The minimum Gasteiger partial charge on any atom is -0.384 e. The van der Waals surface area contributed by atoms with Gasteiger partial charge in [-0.15, -0.1) is 0 Å². The fraction of sp³-hybridized carbons (Fsp3) is 0.118. The lowest BCUT2D eigenvalue weighted by molar-refractivity contribution is 0.350. The van der Waals surface area contributed by atoms with Gasteiger partial charge in [0.1, 0.15) is 24.1 Å². The molecule has 0 fully saturated rings. The molecule has 0 spiro atoms. The Bertz CT molecular complexity index is 908. The molecule has 106 valence electrons. The van der Waals surface area contributed by atoms with Gasteiger partial charge in [0.2, 0.25) is 0 Å². The Hall–Kier alpha value is -3.15. The van der Waals surface area contributed by atoms with E-state index in [4.69, 9.17) is 5.11 Å². The second-order valence-electron chi connectivity index (χ2n) is 4.46. The van der Waals surface area contributed by atoms with Crippen molar-refractivity contribution in [1.82, 2.24) is 19.5 Å². The maximum absolute atomic E-state index is 8.60. The van der Waals surface area contributed by atoms with E-state index in [9.17, 15) is 0 Å². The Morgan fingerprint density at radius 2 is 1.91 bits per heavy atom. The number of nitrogens with zero attached hydrogens (tertiary/aromatic N) is 4. The van der Waals surface area contributed by atoms with E-state index in [0.717, 1.165) is 5.65 Å². The molecule has 0 amide bonds. The zero-order chi connectivity index (χ0) is 15.2. The van der Waals surface area contributed by atoms with Gasteiger partial charge in [-0.3, -0.25) is 0 Å². The summed E-state index contributed by atoms with van der Waals surface area (Å²) in [5.74, 6) is 10.5. The minimum atomic E-state index is -0.209. The molecule has 2 aromatic heterocycles. The average molecular weight is 288 g/mol. The highest BCUT2D eigenvalue weighted by Crippen LogP contribution is 2.14. The van der Waals surface area contributed by atoms with Crippen molar-refractivity contribution in [3.8, 4) is 23.7 Å². The second kappa shape index (κ2) is 6.53. The lowest BCUT2D eigenvalue weighted by atomic mass is 10.2. The Balaban J connectivity index is 1.96. The fourth-order valence-corrected chi connectivity index (χ4v) is 2.04. The number of fused-ring (bicyclic) bond motifs is 1. The van der Waals surface area contributed by atoms with E-state index in [1.807, 2.05) is 22.8 Å². The first kappa shape index (κ1) is 13.8. The molecule has 0 saturated heterocycles. The Morgan fingerprint density at radius 3 is 2.73 bits per heavy atom. The van der Waals surface area contributed by atoms with Crippen molar-refractivity contribution in [2.24, 2.45) is 0 Å². The third-order valence-corrected chi connectivity index (χ3v) is 3.01. The summed E-state index contributed by atoms with van der Waals surface area (Å²) >= 11 is 0. The van der Waals surface area contributed by atoms with Gasteiger partial charge in [-0.05, 0) is 23.3 Å². The summed E-state index contributed by atoms with van der Waals surface area (Å²) in [7, 11) is 0. The molecule has 3 rings (SSSR count). The van der Waals surface area contributed by atoms with Crippen LogP contribution in [0.3, 0.4) is 0 Å². The first-order valence-corrected chi connectivity index (χ1v) is 6.68. The average Bonchev–Trinajstić information content (AvgIpc) is 2.96. The first-order chi connectivity index (χ1) is 10.9. The van der Waals surface area contributed by atoms with Gasteiger partial charge < -0.3 is 9.67 Å². The van der Waals surface area contributed by atoms with Crippen LogP contribution in [0, 0.1) is 23.7 Å². The predicted molar refractivity (Wildman–Crippen MR) is 82.6 cm³/mol. The van der Waals surface area contributed by atoms with Crippen LogP contribution in [0.2, 0.25) is 0 Å². The van der Waals surface area contributed by atoms with Crippen LogP contribution in [0.15, 0.2) is 43.0 Å². The summed E-state index contributed by atoms with van der Waals surface area (Å²) in [5.41, 5.74) is 3.08. The molecule has 0 aliphatic carbocycles. The van der Waals surface area contributed by atoms with Gasteiger partial charge in [0.25, 0.3) is 0 Å². The monoisotopic (exact) mass is 288 g/mol. The van der Waals surface area contributed by atoms with Crippen LogP contribution >= 0.6 is 0 Å². The topological polar surface area (TPSA) is 63.8 Å². The van der Waals surface area contributed by atoms with Gasteiger partial charge in [0.05, 0.1) is 12.9 Å². The molecule has 3 aromatic rings. The smallest absolute Gasteiger partial charge is 0.164 e. The number of aliphatic hydroxyl groups excluding tert-OH is 1. The maximum atomic E-state index is 8.60. The summed E-state index contributed by atoms with van der Waals surface area (Å²) in [6.45, 7) is 0.477. The van der Waals surface area contributed by atoms with Crippen molar-refractivity contribution in [3.63, 3.8) is 0 Å². The van der Waals surface area contributed by atoms with Gasteiger partial charge in [-0.1, -0.05) is 36.3 Å². The third-order valence-electron chi connectivity index (χ3n) is 3.01. The van der Waals surface area contributed by atoms with Crippen molar-refractivity contribution in [1.29, 1.82) is 0 Å². The molecular formula is C17H12N4O. The van der Waals surface area contributed by atoms with Crippen molar-refractivity contribution in [2.45, 2.75) is 6.54 Å². The van der Waals surface area contributed by atoms with Crippen molar-refractivity contribution in [3.05, 3.63) is 54.2 Å². The molecular weight excluding hydrogens is 276 g/mol. The maximum Gasteiger partial charge on any atom is 0.164 e. The standard InChI is InChI=1S/C17H12N4O/c22-10-6-2-5-9-15-16-17(19-12-18-15)21(13-20-16)11-14-7-3-1-4-8-14/h1,3-4,7-8,12-13,22H,10-11H2. The summed E-state index contributed by atoms with van der Waals surface area (Å²) < 4.78 is 1.96. The zero-order valence-corrected chi connectivity index (χ0v) is 11.7. The van der Waals surface area contributed by atoms with Crippen molar-refractivity contribution >= 4 is 11.2 Å². The van der Waals surface area contributed by atoms with E-state index >= 15 is 0 Å². The normalized spacial score (nSPS) is 9.68. The molecule has 0 aliphatic rings. The van der Waals surface area contributed by atoms with Gasteiger partial charge in [0.15, 0.2) is 5.65 Å². The molecule has 0 bridgehead atoms. The number of hydrogen-bond donors (Lipinski definition) is 1. The van der Waals surface area contributed by atoms with Crippen LogP contribution in [0.4, 0.5) is 0 Å². The lowest BCUT2D eigenvalue weighted by Crippen LogP contribution is -1.99. The number of benzene rings is 1. The molecule has 0 saturated carbocycles. The highest BCUT2D eigenvalue weighted by atomic mass is 16.2. The van der Waals surface area contributed by atoms with Gasteiger partial charge in [-0.25, -0.2) is 15.0 Å². The van der Waals surface area contributed by atoms with Crippen LogP contribution < -0.4 is 0 Å². The first-order valence-electron chi connectivity index (χ1n) is 6.68. The molecule has 5 heteroatoms. The van der Waals surface area contributed by atoms with Crippen molar-refractivity contribution in [2.75, 3.05) is 6.61 Å². The van der Waals surface area contributed by atoms with E-state index in [2.05, 4.69) is 50.8 Å². The van der Waals surface area contributed by atoms with E-state index in [1.54, 1.807) is 6.33 Å². The van der Waals surface area contributed by atoms with Crippen LogP contribution in [-0.4, -0.2) is 31.2 Å². The minimum absolute atomic E-state index is 0.209. The Labute approximate surface area is 127 Å². The van der Waals surface area contributed by atoms with E-state index in [1.165, 1.54) is 11.9 Å². The molecule has 22 heavy (non-hydrogen) atoms. The fourth-order valence-electron chi connectivity index (χ4n) is 2.04. The number of hydrogen-bond acceptors (Lipinski definition) is 4. The number of rotatable bonds is 2. The lowest BCUT2D eigenvalue weighted by Gasteiger charge is -2.03. The number of aromatic nitrogens is 4. The zero-order valence-electron chi connectivity index (χ0n) is 11.7. The molecule has 0 atom stereocenters. The SMILES string of the molecule is OCC#CC#Cc1ncnc2c1ncn2Cc1ccccc1. The highest BCUT2D eigenvalue weighted by molar-refractivity contribution is 5.76. The van der Waals surface area contributed by atoms with Gasteiger partial charge in [-0.2, -0.15) is 0 Å². The molecule has 1 aromatic carbocycles. The summed E-state index contributed by atoms with van der Waals surface area (Å²) in [4.78, 5) is 12.8. The second-order valence-corrected chi connectivity index (χ2v) is 4.46. The van der Waals surface area contributed by atoms with Gasteiger partial charge >= 0.3 is 0 Å². The Kier molecular flexibility index (Phi) is 4.10. The van der Waals surface area contributed by atoms with Crippen LogP contribution in [0.5, 0.6) is 0 Å². The van der Waals surface area contributed by atoms with E-state index in [-0.39, 0.29) is 6.61 Å². The third kappa shape index (κ3) is 2.95. The van der Waals surface area contributed by atoms with E-state index < -0.39 is 0 Å². The van der Waals surface area contributed by atoms with E-state index in [0.29, 0.717) is 17.8 Å². The van der Waals surface area contributed by atoms with Crippen LogP contribution in [0.25, 0.3) is 11.2 Å². The van der Waals surface area contributed by atoms with Gasteiger partial charge in [0, 0.05) is 0 Å². The molecule has 5 nitrogen and oxygen atoms in total. The largest absolute Gasteiger partial charge is 0.384 e. The quantitative estimate of drug-likeness (QED) is 0.720. The number of imidazole rings is 1. The highest BCUT2D eigenvalue weighted by Gasteiger charge is 2.08. The Morgan fingerprint density at radius 1 is 1.05 bits per heavy atom. The molecule has 0 unspecified atom stereocenters. The summed E-state index contributed by atoms with van der Waals surface area (Å²) in [6.07, 6.45) is 3.20. The predicted octanol–water partition coefficient (Wildman–Crippen LogP) is 1.22. The molecule has 2 heterocycles.